The van der Waals surface area contributed by atoms with Gasteiger partial charge < -0.3 is 24.6 Å². The molecule has 2 aliphatic rings. The van der Waals surface area contributed by atoms with Crippen molar-refractivity contribution in [3.63, 3.8) is 0 Å². The summed E-state index contributed by atoms with van der Waals surface area (Å²) >= 11 is 0. The number of amides is 1. The molecule has 1 aromatic carbocycles. The van der Waals surface area contributed by atoms with Gasteiger partial charge in [0.05, 0.1) is 19.2 Å². The topological polar surface area (TPSA) is 66.4 Å². The van der Waals surface area contributed by atoms with Crippen molar-refractivity contribution in [3.8, 4) is 5.75 Å². The molecule has 0 aromatic heterocycles. The van der Waals surface area contributed by atoms with E-state index in [9.17, 15) is 9.18 Å². The van der Waals surface area contributed by atoms with E-state index in [1.807, 2.05) is 20.8 Å². The van der Waals surface area contributed by atoms with E-state index in [1.54, 1.807) is 17.0 Å². The first-order valence-electron chi connectivity index (χ1n) is 10.2. The van der Waals surface area contributed by atoms with E-state index >= 15 is 0 Å². The molecule has 1 atom stereocenters. The molecule has 0 radical (unpaired) electrons. The number of halogens is 2. The number of carbonyl (C=O) groups is 1. The van der Waals surface area contributed by atoms with Gasteiger partial charge in [-0.25, -0.2) is 9.18 Å². The van der Waals surface area contributed by atoms with Crippen LogP contribution in [0.1, 0.15) is 33.6 Å². The van der Waals surface area contributed by atoms with Crippen LogP contribution in [-0.2, 0) is 4.74 Å². The van der Waals surface area contributed by atoms with Crippen LogP contribution in [-0.4, -0.2) is 72.8 Å². The lowest BCUT2D eigenvalue weighted by atomic mass is 10.2. The summed E-state index contributed by atoms with van der Waals surface area (Å²) in [7, 11) is 0. The molecule has 7 nitrogen and oxygen atoms in total. The molecular formula is C21H32FIN4O3. The first-order chi connectivity index (χ1) is 13.8. The number of rotatable bonds is 6. The minimum absolute atomic E-state index is 0. The van der Waals surface area contributed by atoms with Crippen LogP contribution in [0.2, 0.25) is 0 Å². The number of nitrogens with zero attached hydrogens (tertiary/aromatic N) is 3. The summed E-state index contributed by atoms with van der Waals surface area (Å²) in [5.74, 6) is 1.34. The number of piperazine rings is 1. The Bertz CT molecular complexity index is 724. The van der Waals surface area contributed by atoms with E-state index in [-0.39, 0.29) is 41.9 Å². The van der Waals surface area contributed by atoms with Crippen molar-refractivity contribution >= 4 is 36.0 Å². The van der Waals surface area contributed by atoms with Gasteiger partial charge in [0.25, 0.3) is 0 Å². The molecule has 3 rings (SSSR count). The minimum atomic E-state index is -0.479. The van der Waals surface area contributed by atoms with Gasteiger partial charge in [-0.05, 0) is 57.9 Å². The summed E-state index contributed by atoms with van der Waals surface area (Å²) in [5.41, 5.74) is -0.479. The zero-order chi connectivity index (χ0) is 20.9. The summed E-state index contributed by atoms with van der Waals surface area (Å²) in [4.78, 5) is 20.9. The van der Waals surface area contributed by atoms with Gasteiger partial charge in [0, 0.05) is 26.2 Å². The van der Waals surface area contributed by atoms with Crippen molar-refractivity contribution in [2.24, 2.45) is 4.99 Å². The molecule has 1 unspecified atom stereocenters. The standard InChI is InChI=1S/C21H31FN4O3.HI/c1-21(2,3)29-20(27)25-11-12-26-17(15-25)14-24-19(26)23-10-4-5-13-28-18-8-6-16(22)7-9-18;/h6-9,17H,4-5,10-15H2,1-3H3,(H,23,24);1H. The Kier molecular flexibility index (Phi) is 8.99. The number of fused-ring (bicyclic) bond motifs is 1. The van der Waals surface area contributed by atoms with E-state index < -0.39 is 5.60 Å². The van der Waals surface area contributed by atoms with Crippen molar-refractivity contribution in [1.29, 1.82) is 0 Å². The molecule has 1 fully saturated rings. The van der Waals surface area contributed by atoms with Gasteiger partial charge >= 0.3 is 6.09 Å². The van der Waals surface area contributed by atoms with E-state index in [0.717, 1.165) is 31.9 Å². The van der Waals surface area contributed by atoms with E-state index in [0.29, 0.717) is 32.0 Å². The SMILES string of the molecule is CC(C)(C)OC(=O)N1CCN2C(NCCCCOc3ccc(F)cc3)=NCC2C1.I. The predicted octanol–water partition coefficient (Wildman–Crippen LogP) is 3.48. The number of unbranched alkanes of at least 4 members (excludes halogenated alkanes) is 1. The molecule has 0 bridgehead atoms. The third-order valence-corrected chi connectivity index (χ3v) is 4.79. The van der Waals surface area contributed by atoms with Crippen molar-refractivity contribution in [3.05, 3.63) is 30.1 Å². The largest absolute Gasteiger partial charge is 0.494 e. The highest BCUT2D eigenvalue weighted by atomic mass is 127. The normalized spacial score (nSPS) is 18.3. The Morgan fingerprint density at radius 2 is 1.97 bits per heavy atom. The van der Waals surface area contributed by atoms with Crippen LogP contribution in [0.3, 0.4) is 0 Å². The molecule has 30 heavy (non-hydrogen) atoms. The third kappa shape index (κ3) is 7.17. The van der Waals surface area contributed by atoms with Gasteiger partial charge in [-0.3, -0.25) is 4.99 Å². The van der Waals surface area contributed by atoms with Crippen molar-refractivity contribution in [1.82, 2.24) is 15.1 Å². The number of hydrogen-bond donors (Lipinski definition) is 1. The number of guanidine groups is 1. The van der Waals surface area contributed by atoms with E-state index in [1.165, 1.54) is 12.1 Å². The van der Waals surface area contributed by atoms with Crippen LogP contribution in [0.5, 0.6) is 5.75 Å². The van der Waals surface area contributed by atoms with Crippen LogP contribution in [0.15, 0.2) is 29.3 Å². The first-order valence-corrected chi connectivity index (χ1v) is 10.2. The summed E-state index contributed by atoms with van der Waals surface area (Å²) < 4.78 is 23.9. The Morgan fingerprint density at radius 3 is 2.67 bits per heavy atom. The highest BCUT2D eigenvalue weighted by Crippen LogP contribution is 2.18. The summed E-state index contributed by atoms with van der Waals surface area (Å²) in [6, 6.07) is 6.28. The molecule has 9 heteroatoms. The maximum atomic E-state index is 12.9. The number of nitrogens with one attached hydrogen (secondary N) is 1. The zero-order valence-corrected chi connectivity index (χ0v) is 20.2. The predicted molar refractivity (Wildman–Crippen MR) is 125 cm³/mol. The van der Waals surface area contributed by atoms with Crippen LogP contribution in [0.4, 0.5) is 9.18 Å². The maximum Gasteiger partial charge on any atom is 0.410 e. The van der Waals surface area contributed by atoms with Crippen LogP contribution in [0, 0.1) is 5.82 Å². The highest BCUT2D eigenvalue weighted by Gasteiger charge is 2.36. The van der Waals surface area contributed by atoms with Crippen LogP contribution < -0.4 is 10.1 Å². The second-order valence-electron chi connectivity index (χ2n) is 8.37. The molecular weight excluding hydrogens is 502 g/mol. The molecule has 1 aromatic rings. The molecule has 1 amide bonds. The lowest BCUT2D eigenvalue weighted by Crippen LogP contribution is -2.57. The fourth-order valence-electron chi connectivity index (χ4n) is 3.37. The number of aliphatic imine (C=N–C) groups is 1. The average molecular weight is 534 g/mol. The fourth-order valence-corrected chi connectivity index (χ4v) is 3.37. The Morgan fingerprint density at radius 1 is 1.23 bits per heavy atom. The van der Waals surface area contributed by atoms with Gasteiger partial charge in [-0.15, -0.1) is 24.0 Å². The van der Waals surface area contributed by atoms with Gasteiger partial charge in [-0.2, -0.15) is 0 Å². The van der Waals surface area contributed by atoms with Gasteiger partial charge in [0.1, 0.15) is 17.2 Å². The molecule has 0 spiro atoms. The first kappa shape index (κ1) is 24.5. The minimum Gasteiger partial charge on any atom is -0.494 e. The molecule has 168 valence electrons. The second-order valence-corrected chi connectivity index (χ2v) is 8.37. The van der Waals surface area contributed by atoms with Gasteiger partial charge in [0.15, 0.2) is 5.96 Å². The van der Waals surface area contributed by atoms with Gasteiger partial charge in [0.2, 0.25) is 0 Å². The Hall–Kier alpha value is -1.78. The lowest BCUT2D eigenvalue weighted by Gasteiger charge is -2.39. The molecule has 0 aliphatic carbocycles. The number of ether oxygens (including phenoxy) is 2. The summed E-state index contributed by atoms with van der Waals surface area (Å²) in [6.07, 6.45) is 1.59. The monoisotopic (exact) mass is 534 g/mol. The van der Waals surface area contributed by atoms with E-state index in [2.05, 4.69) is 15.2 Å². The smallest absolute Gasteiger partial charge is 0.410 e. The van der Waals surface area contributed by atoms with Crippen LogP contribution >= 0.6 is 24.0 Å². The zero-order valence-electron chi connectivity index (χ0n) is 17.9. The van der Waals surface area contributed by atoms with E-state index in [4.69, 9.17) is 9.47 Å². The number of benzene rings is 1. The van der Waals surface area contributed by atoms with Crippen molar-refractivity contribution in [2.45, 2.75) is 45.3 Å². The summed E-state index contributed by atoms with van der Waals surface area (Å²) in [6.45, 7) is 9.76. The summed E-state index contributed by atoms with van der Waals surface area (Å²) in [5, 5.41) is 3.41. The van der Waals surface area contributed by atoms with Crippen LogP contribution in [0.25, 0.3) is 0 Å². The van der Waals surface area contributed by atoms with Gasteiger partial charge in [-0.1, -0.05) is 0 Å². The number of carbonyl (C=O) groups excluding carboxylic acids is 1. The maximum absolute atomic E-state index is 12.9. The Balaban J connectivity index is 0.00000320. The molecule has 2 aliphatic heterocycles. The molecule has 1 saturated heterocycles. The number of hydrogen-bond acceptors (Lipinski definition) is 6. The second kappa shape index (κ2) is 11.0. The average Bonchev–Trinajstić information content (AvgIpc) is 3.07. The Labute approximate surface area is 195 Å². The fraction of sp³-hybridized carbons (Fsp3) is 0.619. The van der Waals surface area contributed by atoms with Crippen molar-refractivity contribution in [2.75, 3.05) is 39.3 Å². The molecule has 0 saturated carbocycles. The molecule has 2 heterocycles. The third-order valence-electron chi connectivity index (χ3n) is 4.79. The lowest BCUT2D eigenvalue weighted by molar-refractivity contribution is 0.0137. The highest BCUT2D eigenvalue weighted by molar-refractivity contribution is 14.0. The van der Waals surface area contributed by atoms with Crippen molar-refractivity contribution < 1.29 is 18.7 Å². The quantitative estimate of drug-likeness (QED) is 0.448. The molecule has 1 N–H and O–H groups in total.